The first-order valence-corrected chi connectivity index (χ1v) is 8.86. The van der Waals surface area contributed by atoms with E-state index in [1.807, 2.05) is 16.5 Å². The van der Waals surface area contributed by atoms with Gasteiger partial charge in [-0.05, 0) is 24.3 Å². The minimum Gasteiger partial charge on any atom is -0.490 e. The fourth-order valence-corrected chi connectivity index (χ4v) is 4.08. The quantitative estimate of drug-likeness (QED) is 0.400. The zero-order valence-corrected chi connectivity index (χ0v) is 13.6. The minimum absolute atomic E-state index is 0.278. The SMILES string of the molecule is Fc1ccccc1OCCSc1nnc2sc3ccccc3n12. The Morgan fingerprint density at radius 2 is 1.91 bits per heavy atom. The highest BCUT2D eigenvalue weighted by Gasteiger charge is 2.12. The first-order valence-electron chi connectivity index (χ1n) is 7.06. The van der Waals surface area contributed by atoms with E-state index in [9.17, 15) is 4.39 Å². The Morgan fingerprint density at radius 3 is 2.83 bits per heavy atom. The van der Waals surface area contributed by atoms with E-state index in [-0.39, 0.29) is 11.6 Å². The van der Waals surface area contributed by atoms with Crippen LogP contribution in [0.4, 0.5) is 4.39 Å². The van der Waals surface area contributed by atoms with Gasteiger partial charge >= 0.3 is 0 Å². The first kappa shape index (κ1) is 14.5. The number of thioether (sulfide) groups is 1. The van der Waals surface area contributed by atoms with Gasteiger partial charge in [0.05, 0.1) is 16.8 Å². The van der Waals surface area contributed by atoms with Gasteiger partial charge in [-0.2, -0.15) is 0 Å². The van der Waals surface area contributed by atoms with Gasteiger partial charge in [0.1, 0.15) is 0 Å². The summed E-state index contributed by atoms with van der Waals surface area (Å²) in [7, 11) is 0. The molecule has 0 radical (unpaired) electrons. The van der Waals surface area contributed by atoms with Gasteiger partial charge in [0.15, 0.2) is 16.7 Å². The third-order valence-electron chi connectivity index (χ3n) is 3.32. The van der Waals surface area contributed by atoms with Crippen molar-refractivity contribution in [2.45, 2.75) is 5.16 Å². The van der Waals surface area contributed by atoms with Crippen molar-refractivity contribution in [2.75, 3.05) is 12.4 Å². The van der Waals surface area contributed by atoms with E-state index < -0.39 is 0 Å². The lowest BCUT2D eigenvalue weighted by atomic mass is 10.3. The van der Waals surface area contributed by atoms with Gasteiger partial charge in [0.25, 0.3) is 0 Å². The van der Waals surface area contributed by atoms with Gasteiger partial charge in [-0.15, -0.1) is 10.2 Å². The lowest BCUT2D eigenvalue weighted by Gasteiger charge is -2.06. The molecule has 23 heavy (non-hydrogen) atoms. The fourth-order valence-electron chi connectivity index (χ4n) is 2.30. The Balaban J connectivity index is 1.47. The molecule has 0 spiro atoms. The fraction of sp³-hybridized carbons (Fsp3) is 0.125. The van der Waals surface area contributed by atoms with Crippen LogP contribution in [0.2, 0.25) is 0 Å². The number of aromatic nitrogens is 3. The molecule has 4 rings (SSSR count). The average Bonchev–Trinajstić information content (AvgIpc) is 3.12. The molecule has 0 amide bonds. The highest BCUT2D eigenvalue weighted by molar-refractivity contribution is 7.99. The third-order valence-corrected chi connectivity index (χ3v) is 5.22. The van der Waals surface area contributed by atoms with Gasteiger partial charge in [-0.25, -0.2) is 4.39 Å². The zero-order valence-electron chi connectivity index (χ0n) is 12.0. The summed E-state index contributed by atoms with van der Waals surface area (Å²) in [5.41, 5.74) is 1.11. The molecule has 4 nitrogen and oxygen atoms in total. The molecule has 0 unspecified atom stereocenters. The predicted molar refractivity (Wildman–Crippen MR) is 91.0 cm³/mol. The Morgan fingerprint density at radius 1 is 1.09 bits per heavy atom. The molecule has 0 bridgehead atoms. The molecular formula is C16H12FN3OS2. The van der Waals surface area contributed by atoms with Crippen molar-refractivity contribution in [1.29, 1.82) is 0 Å². The summed E-state index contributed by atoms with van der Waals surface area (Å²) in [4.78, 5) is 0.878. The number of fused-ring (bicyclic) bond motifs is 3. The van der Waals surface area contributed by atoms with Crippen molar-refractivity contribution in [3.63, 3.8) is 0 Å². The highest BCUT2D eigenvalue weighted by atomic mass is 32.2. The minimum atomic E-state index is -0.341. The van der Waals surface area contributed by atoms with Crippen molar-refractivity contribution in [3.8, 4) is 5.75 Å². The number of thiazole rings is 1. The van der Waals surface area contributed by atoms with Gasteiger partial charge in [-0.1, -0.05) is 47.4 Å². The van der Waals surface area contributed by atoms with Crippen LogP contribution in [0.15, 0.2) is 53.7 Å². The predicted octanol–water partition coefficient (Wildman–Crippen LogP) is 4.25. The normalized spacial score (nSPS) is 11.3. The Bertz CT molecular complexity index is 966. The summed E-state index contributed by atoms with van der Waals surface area (Å²) in [6.45, 7) is 0.405. The standard InChI is InChI=1S/C16H12FN3OS2/c17-11-5-1-3-7-13(11)21-9-10-22-15-18-19-16-20(15)12-6-2-4-8-14(12)23-16/h1-8H,9-10H2. The zero-order chi connectivity index (χ0) is 15.6. The van der Waals surface area contributed by atoms with Crippen LogP contribution in [-0.4, -0.2) is 27.0 Å². The summed E-state index contributed by atoms with van der Waals surface area (Å²) < 4.78 is 22.2. The maximum atomic E-state index is 13.5. The second kappa shape index (κ2) is 6.17. The molecule has 0 atom stereocenters. The van der Waals surface area contributed by atoms with Crippen molar-refractivity contribution in [3.05, 3.63) is 54.3 Å². The van der Waals surface area contributed by atoms with E-state index >= 15 is 0 Å². The number of hydrogen-bond donors (Lipinski definition) is 0. The molecule has 116 valence electrons. The molecule has 4 aromatic rings. The number of halogens is 1. The molecule has 0 saturated carbocycles. The van der Waals surface area contributed by atoms with Crippen molar-refractivity contribution in [1.82, 2.24) is 14.6 Å². The summed E-state index contributed by atoms with van der Waals surface area (Å²) in [5, 5.41) is 9.27. The Labute approximate surface area is 139 Å². The number of para-hydroxylation sites is 2. The van der Waals surface area contributed by atoms with Gasteiger partial charge in [0, 0.05) is 5.75 Å². The van der Waals surface area contributed by atoms with Crippen molar-refractivity contribution >= 4 is 38.3 Å². The Hall–Kier alpha value is -2.12. The molecule has 0 saturated heterocycles. The molecule has 0 aliphatic heterocycles. The molecule has 2 aromatic carbocycles. The molecule has 0 aliphatic rings. The van der Waals surface area contributed by atoms with Crippen LogP contribution in [0.1, 0.15) is 0 Å². The third kappa shape index (κ3) is 2.77. The lowest BCUT2D eigenvalue weighted by Crippen LogP contribution is -2.02. The highest BCUT2D eigenvalue weighted by Crippen LogP contribution is 2.29. The molecular weight excluding hydrogens is 333 g/mol. The largest absolute Gasteiger partial charge is 0.490 e. The van der Waals surface area contributed by atoms with Crippen LogP contribution in [0.3, 0.4) is 0 Å². The smallest absolute Gasteiger partial charge is 0.217 e. The average molecular weight is 345 g/mol. The molecule has 2 aromatic heterocycles. The monoisotopic (exact) mass is 345 g/mol. The van der Waals surface area contributed by atoms with Gasteiger partial charge < -0.3 is 4.74 Å². The summed E-state index contributed by atoms with van der Waals surface area (Å²) >= 11 is 3.17. The molecule has 0 N–H and O–H groups in total. The maximum absolute atomic E-state index is 13.5. The summed E-state index contributed by atoms with van der Waals surface area (Å²) in [6, 6.07) is 14.6. The van der Waals surface area contributed by atoms with E-state index in [1.165, 1.54) is 10.8 Å². The number of nitrogens with zero attached hydrogens (tertiary/aromatic N) is 3. The van der Waals surface area contributed by atoms with E-state index in [2.05, 4.69) is 22.3 Å². The van der Waals surface area contributed by atoms with Crippen molar-refractivity contribution < 1.29 is 9.13 Å². The topological polar surface area (TPSA) is 39.4 Å². The van der Waals surface area contributed by atoms with Gasteiger partial charge in [0.2, 0.25) is 4.96 Å². The molecule has 7 heteroatoms. The van der Waals surface area contributed by atoms with Crippen molar-refractivity contribution in [2.24, 2.45) is 0 Å². The molecule has 0 aliphatic carbocycles. The lowest BCUT2D eigenvalue weighted by molar-refractivity contribution is 0.325. The van der Waals surface area contributed by atoms with E-state index in [1.54, 1.807) is 41.3 Å². The maximum Gasteiger partial charge on any atom is 0.217 e. The van der Waals surface area contributed by atoms with E-state index in [0.29, 0.717) is 12.4 Å². The second-order valence-corrected chi connectivity index (χ2v) is 6.87. The van der Waals surface area contributed by atoms with Crippen LogP contribution >= 0.6 is 23.1 Å². The second-order valence-electron chi connectivity index (χ2n) is 4.80. The number of ether oxygens (including phenoxy) is 1. The first-order chi connectivity index (χ1) is 11.3. The number of hydrogen-bond acceptors (Lipinski definition) is 5. The van der Waals surface area contributed by atoms with Crippen LogP contribution in [-0.2, 0) is 0 Å². The summed E-state index contributed by atoms with van der Waals surface area (Å²) in [6.07, 6.45) is 0. The van der Waals surface area contributed by atoms with Gasteiger partial charge in [-0.3, -0.25) is 4.40 Å². The van der Waals surface area contributed by atoms with E-state index in [0.717, 1.165) is 15.6 Å². The molecule has 0 fully saturated rings. The van der Waals surface area contributed by atoms with E-state index in [4.69, 9.17) is 4.74 Å². The number of rotatable bonds is 5. The van der Waals surface area contributed by atoms with Crippen LogP contribution in [0.25, 0.3) is 15.2 Å². The number of benzene rings is 2. The summed E-state index contributed by atoms with van der Waals surface area (Å²) in [5.74, 6) is 0.603. The van der Waals surface area contributed by atoms with Crippen LogP contribution in [0, 0.1) is 5.82 Å². The van der Waals surface area contributed by atoms with Crippen LogP contribution in [0.5, 0.6) is 5.75 Å². The van der Waals surface area contributed by atoms with Crippen LogP contribution < -0.4 is 4.74 Å². The Kier molecular flexibility index (Phi) is 3.88. The molecule has 2 heterocycles.